The number of amides is 1. The van der Waals surface area contributed by atoms with Crippen molar-refractivity contribution >= 4 is 23.1 Å². The third kappa shape index (κ3) is 2.81. The van der Waals surface area contributed by atoms with Crippen molar-refractivity contribution in [2.75, 3.05) is 11.7 Å². The predicted octanol–water partition coefficient (Wildman–Crippen LogP) is 4.04. The SMILES string of the molecule is O=C1C(=O)N(c2ccccc2)C(c2ccc3c(c2)OCO3)C1=C(O)c1ccccc1. The number of ketones is 1. The van der Waals surface area contributed by atoms with E-state index in [4.69, 9.17) is 9.47 Å². The van der Waals surface area contributed by atoms with Crippen LogP contribution in [0.25, 0.3) is 5.76 Å². The fourth-order valence-electron chi connectivity index (χ4n) is 3.84. The monoisotopic (exact) mass is 399 g/mol. The molecule has 3 aromatic carbocycles. The number of hydrogen-bond donors (Lipinski definition) is 1. The molecule has 2 aliphatic heterocycles. The fourth-order valence-corrected chi connectivity index (χ4v) is 3.84. The van der Waals surface area contributed by atoms with Gasteiger partial charge >= 0.3 is 0 Å². The topological polar surface area (TPSA) is 76.1 Å². The van der Waals surface area contributed by atoms with Crippen LogP contribution in [0, 0.1) is 0 Å². The van der Waals surface area contributed by atoms with E-state index in [0.717, 1.165) is 0 Å². The van der Waals surface area contributed by atoms with E-state index in [2.05, 4.69) is 0 Å². The average Bonchev–Trinajstić information content (AvgIpc) is 3.36. The zero-order valence-electron chi connectivity index (χ0n) is 15.8. The number of Topliss-reactive ketones (excluding diaryl/α,β-unsaturated/α-hetero) is 1. The van der Waals surface area contributed by atoms with Crippen LogP contribution in [0.4, 0.5) is 5.69 Å². The van der Waals surface area contributed by atoms with Crippen LogP contribution in [0.1, 0.15) is 17.2 Å². The molecule has 1 fully saturated rings. The number of ether oxygens (including phenoxy) is 2. The lowest BCUT2D eigenvalue weighted by Gasteiger charge is -2.25. The maximum absolute atomic E-state index is 13.1. The summed E-state index contributed by atoms with van der Waals surface area (Å²) in [6.07, 6.45) is 0. The molecule has 148 valence electrons. The van der Waals surface area contributed by atoms with Crippen molar-refractivity contribution < 1.29 is 24.2 Å². The molecule has 30 heavy (non-hydrogen) atoms. The molecule has 2 heterocycles. The molecule has 0 aromatic heterocycles. The number of aliphatic hydroxyl groups excluding tert-OH is 1. The minimum Gasteiger partial charge on any atom is -0.507 e. The number of nitrogens with zero attached hydrogens (tertiary/aromatic N) is 1. The van der Waals surface area contributed by atoms with E-state index in [0.29, 0.717) is 28.3 Å². The Balaban J connectivity index is 1.73. The van der Waals surface area contributed by atoms with Crippen molar-refractivity contribution in [3.8, 4) is 11.5 Å². The summed E-state index contributed by atoms with van der Waals surface area (Å²) in [4.78, 5) is 27.5. The van der Waals surface area contributed by atoms with Gasteiger partial charge in [0.2, 0.25) is 6.79 Å². The van der Waals surface area contributed by atoms with Gasteiger partial charge in [0.05, 0.1) is 11.6 Å². The first-order valence-electron chi connectivity index (χ1n) is 9.46. The fraction of sp³-hybridized carbons (Fsp3) is 0.0833. The molecule has 6 heteroatoms. The van der Waals surface area contributed by atoms with E-state index in [9.17, 15) is 14.7 Å². The first kappa shape index (κ1) is 18.0. The first-order chi connectivity index (χ1) is 14.6. The van der Waals surface area contributed by atoms with Crippen LogP contribution in [0.2, 0.25) is 0 Å². The molecule has 0 spiro atoms. The standard InChI is InChI=1S/C24H17NO5/c26-22(15-7-3-1-4-8-15)20-21(16-11-12-18-19(13-16)30-14-29-18)25(24(28)23(20)27)17-9-5-2-6-10-17/h1-13,21,26H,14H2. The number of benzene rings is 3. The molecule has 1 atom stereocenters. The van der Waals surface area contributed by atoms with Gasteiger partial charge in [0.1, 0.15) is 5.76 Å². The molecule has 2 aliphatic rings. The first-order valence-corrected chi connectivity index (χ1v) is 9.46. The maximum atomic E-state index is 13.1. The van der Waals surface area contributed by atoms with Gasteiger partial charge in [-0.15, -0.1) is 0 Å². The van der Waals surface area contributed by atoms with Crippen LogP contribution in [0.3, 0.4) is 0 Å². The second kappa shape index (κ2) is 7.08. The van der Waals surface area contributed by atoms with Crippen molar-refractivity contribution in [2.24, 2.45) is 0 Å². The highest BCUT2D eigenvalue weighted by Crippen LogP contribution is 2.44. The van der Waals surface area contributed by atoms with Gasteiger partial charge in [-0.25, -0.2) is 0 Å². The molecular formula is C24H17NO5. The number of fused-ring (bicyclic) bond motifs is 1. The second-order valence-electron chi connectivity index (χ2n) is 6.98. The van der Waals surface area contributed by atoms with Gasteiger partial charge in [-0.2, -0.15) is 0 Å². The zero-order chi connectivity index (χ0) is 20.7. The lowest BCUT2D eigenvalue weighted by Crippen LogP contribution is -2.29. The number of carbonyl (C=O) groups is 2. The van der Waals surface area contributed by atoms with Crippen molar-refractivity contribution in [3.63, 3.8) is 0 Å². The van der Waals surface area contributed by atoms with Crippen LogP contribution >= 0.6 is 0 Å². The highest BCUT2D eigenvalue weighted by atomic mass is 16.7. The predicted molar refractivity (Wildman–Crippen MR) is 110 cm³/mol. The summed E-state index contributed by atoms with van der Waals surface area (Å²) in [5.41, 5.74) is 1.71. The van der Waals surface area contributed by atoms with Crippen molar-refractivity contribution in [1.82, 2.24) is 0 Å². The van der Waals surface area contributed by atoms with Gasteiger partial charge < -0.3 is 14.6 Å². The number of rotatable bonds is 3. The van der Waals surface area contributed by atoms with Crippen molar-refractivity contribution in [1.29, 1.82) is 0 Å². The molecule has 1 unspecified atom stereocenters. The third-order valence-electron chi connectivity index (χ3n) is 5.24. The Bertz CT molecular complexity index is 1170. The molecule has 6 nitrogen and oxygen atoms in total. The van der Waals surface area contributed by atoms with E-state index in [1.165, 1.54) is 4.90 Å². The Morgan fingerprint density at radius 1 is 0.867 bits per heavy atom. The largest absolute Gasteiger partial charge is 0.507 e. The van der Waals surface area contributed by atoms with E-state index in [-0.39, 0.29) is 18.1 Å². The van der Waals surface area contributed by atoms with Crippen LogP contribution in [-0.4, -0.2) is 23.6 Å². The molecule has 0 saturated carbocycles. The van der Waals surface area contributed by atoms with Gasteiger partial charge in [0.25, 0.3) is 11.7 Å². The Labute approximate surface area is 172 Å². The number of aliphatic hydroxyl groups is 1. The minimum atomic E-state index is -0.804. The molecule has 0 radical (unpaired) electrons. The summed E-state index contributed by atoms with van der Waals surface area (Å²) >= 11 is 0. The highest BCUT2D eigenvalue weighted by molar-refractivity contribution is 6.51. The smallest absolute Gasteiger partial charge is 0.300 e. The Morgan fingerprint density at radius 2 is 1.53 bits per heavy atom. The normalized spacial score (nSPS) is 19.3. The Kier molecular flexibility index (Phi) is 4.25. The van der Waals surface area contributed by atoms with Crippen LogP contribution in [-0.2, 0) is 9.59 Å². The van der Waals surface area contributed by atoms with Gasteiger partial charge in [-0.3, -0.25) is 14.5 Å². The molecule has 3 aromatic rings. The lowest BCUT2D eigenvalue weighted by molar-refractivity contribution is -0.132. The highest BCUT2D eigenvalue weighted by Gasteiger charge is 2.47. The number of hydrogen-bond acceptors (Lipinski definition) is 5. The number of para-hydroxylation sites is 1. The summed E-state index contributed by atoms with van der Waals surface area (Å²) < 4.78 is 10.9. The van der Waals surface area contributed by atoms with Crippen LogP contribution in [0.15, 0.2) is 84.4 Å². The van der Waals surface area contributed by atoms with Crippen LogP contribution in [0.5, 0.6) is 11.5 Å². The minimum absolute atomic E-state index is 0.0360. The Morgan fingerprint density at radius 3 is 2.27 bits per heavy atom. The third-order valence-corrected chi connectivity index (χ3v) is 5.24. The quantitative estimate of drug-likeness (QED) is 0.409. The van der Waals surface area contributed by atoms with Gasteiger partial charge in [0.15, 0.2) is 11.5 Å². The average molecular weight is 399 g/mol. The Hall–Kier alpha value is -4.06. The van der Waals surface area contributed by atoms with E-state index < -0.39 is 17.7 Å². The van der Waals surface area contributed by atoms with Crippen molar-refractivity contribution in [3.05, 3.63) is 95.6 Å². The van der Waals surface area contributed by atoms with Crippen molar-refractivity contribution in [2.45, 2.75) is 6.04 Å². The molecule has 5 rings (SSSR count). The summed E-state index contributed by atoms with van der Waals surface area (Å²) in [5.74, 6) is -0.511. The zero-order valence-corrected chi connectivity index (χ0v) is 15.8. The molecule has 1 N–H and O–H groups in total. The van der Waals surface area contributed by atoms with E-state index in [1.54, 1.807) is 66.7 Å². The van der Waals surface area contributed by atoms with Crippen LogP contribution < -0.4 is 14.4 Å². The van der Waals surface area contributed by atoms with E-state index in [1.807, 2.05) is 12.1 Å². The summed E-state index contributed by atoms with van der Waals surface area (Å²) in [6.45, 7) is 0.113. The molecule has 1 amide bonds. The summed E-state index contributed by atoms with van der Waals surface area (Å²) in [7, 11) is 0. The van der Waals surface area contributed by atoms with Gasteiger partial charge in [0, 0.05) is 11.3 Å². The van der Waals surface area contributed by atoms with E-state index >= 15 is 0 Å². The molecule has 0 bridgehead atoms. The summed E-state index contributed by atoms with van der Waals surface area (Å²) in [5, 5.41) is 11.0. The molecule has 1 saturated heterocycles. The second-order valence-corrected chi connectivity index (χ2v) is 6.98. The molecular weight excluding hydrogens is 382 g/mol. The molecule has 0 aliphatic carbocycles. The maximum Gasteiger partial charge on any atom is 0.300 e. The number of anilines is 1. The van der Waals surface area contributed by atoms with Gasteiger partial charge in [-0.05, 0) is 29.8 Å². The lowest BCUT2D eigenvalue weighted by atomic mass is 9.95. The number of carbonyl (C=O) groups excluding carboxylic acids is 2. The van der Waals surface area contributed by atoms with Gasteiger partial charge in [-0.1, -0.05) is 54.6 Å². The summed E-state index contributed by atoms with van der Waals surface area (Å²) in [6, 6.07) is 22.1.